The number of ether oxygens (including phenoxy) is 1. The minimum absolute atomic E-state index is 0.0308. The Morgan fingerprint density at radius 2 is 1.64 bits per heavy atom. The van der Waals surface area contributed by atoms with Gasteiger partial charge in [-0.3, -0.25) is 14.5 Å². The van der Waals surface area contributed by atoms with Crippen molar-refractivity contribution in [3.63, 3.8) is 0 Å². The molecular formula is C34H34N4O4. The summed E-state index contributed by atoms with van der Waals surface area (Å²) >= 11 is 0. The number of esters is 1. The van der Waals surface area contributed by atoms with E-state index in [-0.39, 0.29) is 24.4 Å². The van der Waals surface area contributed by atoms with Gasteiger partial charge in [0.25, 0.3) is 0 Å². The number of nitrogens with zero attached hydrogens (tertiary/aromatic N) is 3. The van der Waals surface area contributed by atoms with E-state index in [1.54, 1.807) is 17.0 Å². The molecule has 3 aliphatic heterocycles. The molecule has 214 valence electrons. The van der Waals surface area contributed by atoms with Crippen molar-refractivity contribution < 1.29 is 19.1 Å². The SMILES string of the molecule is COC(=O)c1ccc([C@@H]2c3[nH]c4ccccc4c3C[C@H]3C(=O)N(C4CCN(Cc5ccccc5)CC4)CC(=O)N23)cc1. The lowest BCUT2D eigenvalue weighted by Gasteiger charge is -2.49. The number of para-hydroxylation sites is 1. The van der Waals surface area contributed by atoms with Crippen molar-refractivity contribution in [1.82, 2.24) is 19.7 Å². The van der Waals surface area contributed by atoms with E-state index < -0.39 is 18.1 Å². The fourth-order valence-corrected chi connectivity index (χ4v) is 7.09. The molecule has 0 spiro atoms. The van der Waals surface area contributed by atoms with Crippen molar-refractivity contribution in [2.75, 3.05) is 26.7 Å². The number of amides is 2. The maximum atomic E-state index is 14.3. The number of hydrogen-bond acceptors (Lipinski definition) is 5. The summed E-state index contributed by atoms with van der Waals surface area (Å²) in [6.07, 6.45) is 2.19. The zero-order chi connectivity index (χ0) is 28.8. The second-order valence-corrected chi connectivity index (χ2v) is 11.6. The van der Waals surface area contributed by atoms with Crippen LogP contribution in [-0.2, 0) is 27.3 Å². The third-order valence-corrected chi connectivity index (χ3v) is 9.19. The maximum absolute atomic E-state index is 14.3. The van der Waals surface area contributed by atoms with E-state index >= 15 is 0 Å². The van der Waals surface area contributed by atoms with Crippen molar-refractivity contribution in [3.05, 3.63) is 107 Å². The van der Waals surface area contributed by atoms with E-state index in [2.05, 4.69) is 40.2 Å². The second kappa shape index (κ2) is 10.8. The van der Waals surface area contributed by atoms with Crippen molar-refractivity contribution in [2.24, 2.45) is 0 Å². The average molecular weight is 563 g/mol. The number of piperazine rings is 1. The zero-order valence-corrected chi connectivity index (χ0v) is 23.7. The van der Waals surface area contributed by atoms with Crippen molar-refractivity contribution in [1.29, 1.82) is 0 Å². The van der Waals surface area contributed by atoms with E-state index in [4.69, 9.17) is 4.74 Å². The number of rotatable bonds is 5. The highest BCUT2D eigenvalue weighted by molar-refractivity contribution is 5.98. The summed E-state index contributed by atoms with van der Waals surface area (Å²) in [5.41, 5.74) is 5.58. The third-order valence-electron chi connectivity index (χ3n) is 9.19. The van der Waals surface area contributed by atoms with Gasteiger partial charge in [0, 0.05) is 48.7 Å². The Morgan fingerprint density at radius 3 is 2.38 bits per heavy atom. The second-order valence-electron chi connectivity index (χ2n) is 11.6. The molecule has 42 heavy (non-hydrogen) atoms. The van der Waals surface area contributed by atoms with E-state index in [9.17, 15) is 14.4 Å². The van der Waals surface area contributed by atoms with Crippen molar-refractivity contribution >= 4 is 28.7 Å². The lowest BCUT2D eigenvalue weighted by molar-refractivity contribution is -0.161. The van der Waals surface area contributed by atoms with Crippen molar-refractivity contribution in [3.8, 4) is 0 Å². The lowest BCUT2D eigenvalue weighted by atomic mass is 9.85. The molecule has 0 unspecified atom stereocenters. The highest BCUT2D eigenvalue weighted by atomic mass is 16.5. The molecule has 1 aromatic heterocycles. The molecule has 0 bridgehead atoms. The Morgan fingerprint density at radius 1 is 0.929 bits per heavy atom. The molecule has 4 heterocycles. The fourth-order valence-electron chi connectivity index (χ4n) is 7.09. The van der Waals surface area contributed by atoms with Gasteiger partial charge >= 0.3 is 5.97 Å². The monoisotopic (exact) mass is 562 g/mol. The first-order valence-electron chi connectivity index (χ1n) is 14.7. The summed E-state index contributed by atoms with van der Waals surface area (Å²) in [4.78, 5) is 50.0. The van der Waals surface area contributed by atoms with Crippen LogP contribution >= 0.6 is 0 Å². The van der Waals surface area contributed by atoms with Crippen LogP contribution in [0.1, 0.15) is 51.6 Å². The molecule has 3 aromatic carbocycles. The van der Waals surface area contributed by atoms with Crippen LogP contribution in [0.2, 0.25) is 0 Å². The summed E-state index contributed by atoms with van der Waals surface area (Å²) in [6, 6.07) is 24.7. The number of likely N-dealkylation sites (tertiary alicyclic amines) is 1. The molecular weight excluding hydrogens is 528 g/mol. The van der Waals surface area contributed by atoms with Crippen LogP contribution in [0.4, 0.5) is 0 Å². The first kappa shape index (κ1) is 26.5. The van der Waals surface area contributed by atoms with E-state index in [0.29, 0.717) is 12.0 Å². The number of piperidine rings is 1. The van der Waals surface area contributed by atoms with Gasteiger partial charge in [-0.05, 0) is 47.7 Å². The topological polar surface area (TPSA) is 86.0 Å². The van der Waals surface area contributed by atoms with Crippen LogP contribution in [-0.4, -0.2) is 76.3 Å². The van der Waals surface area contributed by atoms with Gasteiger partial charge in [0.15, 0.2) is 0 Å². The first-order chi connectivity index (χ1) is 20.5. The predicted octanol–water partition coefficient (Wildman–Crippen LogP) is 4.30. The molecule has 7 rings (SSSR count). The van der Waals surface area contributed by atoms with Gasteiger partial charge in [0.1, 0.15) is 12.6 Å². The standard InChI is InChI=1S/C34H34N4O4/c1-42-34(41)24-13-11-23(12-14-24)32-31-27(26-9-5-6-10-28(26)35-31)19-29-33(40)37(21-30(39)38(29)32)25-15-17-36(18-16-25)20-22-7-3-2-4-8-22/h2-14,25,29,32,35H,15-21H2,1H3/t29-,32+/m0/s1. The molecule has 0 saturated carbocycles. The Bertz CT molecular complexity index is 1640. The molecule has 8 heteroatoms. The van der Waals surface area contributed by atoms with Crippen LogP contribution in [0.25, 0.3) is 10.9 Å². The smallest absolute Gasteiger partial charge is 0.337 e. The zero-order valence-electron chi connectivity index (χ0n) is 23.7. The molecule has 0 radical (unpaired) electrons. The van der Waals surface area contributed by atoms with E-state index in [1.165, 1.54) is 12.7 Å². The number of aromatic nitrogens is 1. The minimum atomic E-state index is -0.578. The Balaban J connectivity index is 1.18. The van der Waals surface area contributed by atoms with E-state index in [1.807, 2.05) is 41.3 Å². The van der Waals surface area contributed by atoms with Crippen LogP contribution in [0.3, 0.4) is 0 Å². The summed E-state index contributed by atoms with van der Waals surface area (Å²) in [5.74, 6) is -0.426. The van der Waals surface area contributed by atoms with Crippen molar-refractivity contribution in [2.45, 2.75) is 43.9 Å². The Hall–Kier alpha value is -4.43. The molecule has 4 aromatic rings. The number of carbonyl (C=O) groups is 3. The maximum Gasteiger partial charge on any atom is 0.337 e. The van der Waals surface area contributed by atoms with Gasteiger partial charge in [-0.25, -0.2) is 4.79 Å². The number of benzene rings is 3. The number of aromatic amines is 1. The molecule has 2 atom stereocenters. The lowest BCUT2D eigenvalue weighted by Crippen LogP contribution is -2.65. The summed E-state index contributed by atoms with van der Waals surface area (Å²) in [5, 5.41) is 1.08. The highest BCUT2D eigenvalue weighted by Gasteiger charge is 2.49. The normalized spacial score (nSPS) is 21.4. The fraction of sp³-hybridized carbons (Fsp3) is 0.324. The van der Waals surface area contributed by atoms with Gasteiger partial charge < -0.3 is 19.5 Å². The molecule has 1 N–H and O–H groups in total. The van der Waals surface area contributed by atoms with Crippen LogP contribution in [0.5, 0.6) is 0 Å². The predicted molar refractivity (Wildman–Crippen MR) is 159 cm³/mol. The van der Waals surface area contributed by atoms with E-state index in [0.717, 1.165) is 60.2 Å². The summed E-state index contributed by atoms with van der Waals surface area (Å²) in [7, 11) is 1.36. The van der Waals surface area contributed by atoms with Gasteiger partial charge in [-0.1, -0.05) is 60.7 Å². The minimum Gasteiger partial charge on any atom is -0.465 e. The number of hydrogen-bond donors (Lipinski definition) is 1. The van der Waals surface area contributed by atoms with Gasteiger partial charge in [-0.15, -0.1) is 0 Å². The molecule has 3 aliphatic rings. The molecule has 2 fully saturated rings. The first-order valence-corrected chi connectivity index (χ1v) is 14.7. The third kappa shape index (κ3) is 4.56. The number of H-pyrrole nitrogens is 1. The van der Waals surface area contributed by atoms with Crippen LogP contribution in [0.15, 0.2) is 78.9 Å². The van der Waals surface area contributed by atoms with Crippen LogP contribution in [0, 0.1) is 0 Å². The largest absolute Gasteiger partial charge is 0.465 e. The van der Waals surface area contributed by atoms with Crippen LogP contribution < -0.4 is 0 Å². The average Bonchev–Trinajstić information content (AvgIpc) is 3.41. The Labute approximate surface area is 244 Å². The number of nitrogens with one attached hydrogen (secondary N) is 1. The number of carbonyl (C=O) groups excluding carboxylic acids is 3. The van der Waals surface area contributed by atoms with Gasteiger partial charge in [0.2, 0.25) is 11.8 Å². The van der Waals surface area contributed by atoms with Gasteiger partial charge in [0.05, 0.1) is 18.7 Å². The number of fused-ring (bicyclic) bond motifs is 4. The Kier molecular flexibility index (Phi) is 6.78. The summed E-state index contributed by atoms with van der Waals surface area (Å²) < 4.78 is 4.88. The molecule has 2 amide bonds. The molecule has 8 nitrogen and oxygen atoms in total. The number of methoxy groups -OCH3 is 1. The molecule has 0 aliphatic carbocycles. The quantitative estimate of drug-likeness (QED) is 0.367. The summed E-state index contributed by atoms with van der Waals surface area (Å²) in [6.45, 7) is 2.78. The highest BCUT2D eigenvalue weighted by Crippen LogP contribution is 2.43. The van der Waals surface area contributed by atoms with Gasteiger partial charge in [-0.2, -0.15) is 0 Å². The molecule has 2 saturated heterocycles.